The summed E-state index contributed by atoms with van der Waals surface area (Å²) < 4.78 is 47.5. The molecule has 2 amide bonds. The molecule has 0 saturated heterocycles. The van der Waals surface area contributed by atoms with Crippen molar-refractivity contribution in [3.8, 4) is 11.5 Å². The van der Waals surface area contributed by atoms with Gasteiger partial charge in [-0.05, 0) is 49.4 Å². The third kappa shape index (κ3) is 5.09. The summed E-state index contributed by atoms with van der Waals surface area (Å²) in [6.45, 7) is 1.76. The van der Waals surface area contributed by atoms with Gasteiger partial charge in [-0.3, -0.25) is 14.9 Å². The molecule has 5 rings (SSSR count). The summed E-state index contributed by atoms with van der Waals surface area (Å²) in [7, 11) is 0. The number of halogens is 3. The van der Waals surface area contributed by atoms with Gasteiger partial charge in [0.05, 0.1) is 11.8 Å². The van der Waals surface area contributed by atoms with E-state index in [0.717, 1.165) is 18.9 Å². The van der Waals surface area contributed by atoms with Gasteiger partial charge in [-0.25, -0.2) is 4.52 Å². The van der Waals surface area contributed by atoms with Crippen LogP contribution in [0.4, 0.5) is 24.8 Å². The zero-order chi connectivity index (χ0) is 25.4. The molecule has 36 heavy (non-hydrogen) atoms. The predicted molar refractivity (Wildman–Crippen MR) is 125 cm³/mol. The monoisotopic (exact) mass is 497 g/mol. The van der Waals surface area contributed by atoms with E-state index in [1.165, 1.54) is 16.7 Å². The lowest BCUT2D eigenvalue weighted by atomic mass is 10.1. The first-order chi connectivity index (χ1) is 17.2. The Hall–Kier alpha value is -4.15. The normalized spacial score (nSPS) is 17.5. The maximum Gasteiger partial charge on any atom is 0.416 e. The summed E-state index contributed by atoms with van der Waals surface area (Å²) in [5, 5.41) is 9.45. The summed E-state index contributed by atoms with van der Waals surface area (Å²) in [6, 6.07) is 9.66. The van der Waals surface area contributed by atoms with Crippen LogP contribution >= 0.6 is 0 Å². The Morgan fingerprint density at radius 2 is 1.92 bits per heavy atom. The number of benzene rings is 1. The number of fused-ring (bicyclic) bond motifs is 1. The first-order valence-electron chi connectivity index (χ1n) is 11.5. The highest BCUT2D eigenvalue weighted by molar-refractivity contribution is 6.07. The van der Waals surface area contributed by atoms with Gasteiger partial charge in [-0.1, -0.05) is 25.1 Å². The van der Waals surface area contributed by atoms with E-state index >= 15 is 0 Å². The number of ether oxygens (including phenoxy) is 1. The minimum atomic E-state index is -4.61. The molecule has 1 aromatic carbocycles. The molecule has 1 fully saturated rings. The molecule has 1 saturated carbocycles. The van der Waals surface area contributed by atoms with Crippen molar-refractivity contribution in [2.75, 3.05) is 10.6 Å². The minimum Gasteiger partial charge on any atom is -0.456 e. The Morgan fingerprint density at radius 1 is 1.11 bits per heavy atom. The zero-order valence-electron chi connectivity index (χ0n) is 19.2. The van der Waals surface area contributed by atoms with Gasteiger partial charge in [0.1, 0.15) is 11.5 Å². The number of hydrogen-bond acceptors (Lipinski definition) is 5. The Balaban J connectivity index is 1.28. The number of pyridine rings is 1. The quantitative estimate of drug-likeness (QED) is 0.464. The second kappa shape index (κ2) is 9.14. The van der Waals surface area contributed by atoms with Crippen molar-refractivity contribution in [1.82, 2.24) is 14.6 Å². The summed E-state index contributed by atoms with van der Waals surface area (Å²) in [5.41, 5.74) is -0.514. The molecule has 2 aliphatic carbocycles. The van der Waals surface area contributed by atoms with E-state index in [0.29, 0.717) is 23.6 Å². The zero-order valence-corrected chi connectivity index (χ0v) is 19.2. The van der Waals surface area contributed by atoms with Crippen molar-refractivity contribution in [1.29, 1.82) is 0 Å². The van der Waals surface area contributed by atoms with Crippen molar-refractivity contribution in [3.63, 3.8) is 0 Å². The first kappa shape index (κ1) is 23.6. The van der Waals surface area contributed by atoms with Gasteiger partial charge in [0, 0.05) is 23.2 Å². The lowest BCUT2D eigenvalue weighted by Crippen LogP contribution is -2.21. The minimum absolute atomic E-state index is 0.0254. The molecule has 0 spiro atoms. The number of anilines is 2. The van der Waals surface area contributed by atoms with E-state index < -0.39 is 23.6 Å². The van der Waals surface area contributed by atoms with E-state index in [1.54, 1.807) is 43.5 Å². The van der Waals surface area contributed by atoms with Crippen LogP contribution in [0.2, 0.25) is 0 Å². The number of hydrogen-bond donors (Lipinski definition) is 2. The molecule has 2 N–H and O–H groups in total. The molecule has 2 heterocycles. The Bertz CT molecular complexity index is 1410. The molecule has 2 aliphatic rings. The van der Waals surface area contributed by atoms with E-state index in [2.05, 4.69) is 20.7 Å². The summed E-state index contributed by atoms with van der Waals surface area (Å²) in [5.74, 6) is -0.388. The number of allylic oxidation sites excluding steroid dienone is 2. The van der Waals surface area contributed by atoms with Gasteiger partial charge in [0.2, 0.25) is 11.9 Å². The van der Waals surface area contributed by atoms with Crippen molar-refractivity contribution in [3.05, 3.63) is 65.9 Å². The fourth-order valence-corrected chi connectivity index (χ4v) is 3.84. The third-order valence-electron chi connectivity index (χ3n) is 5.89. The van der Waals surface area contributed by atoms with Gasteiger partial charge in [-0.15, -0.1) is 5.10 Å². The topological polar surface area (TPSA) is 97.6 Å². The molecule has 0 radical (unpaired) electrons. The Kier molecular flexibility index (Phi) is 5.99. The standard InChI is InChI=1S/C25H22F3N5O3/c1-2-14-10-19(20(11-14)25(26,27)28)23(35)29-16-4-3-5-17(12-16)36-18-8-9-21-30-24(32-33(21)13-18)31-22(34)15-6-7-15/h3-5,8-15H,2,6-7H2,1H3,(H,29,35)(H,31,32,34). The largest absolute Gasteiger partial charge is 0.456 e. The molecular weight excluding hydrogens is 475 g/mol. The number of carbonyl (C=O) groups excluding carboxylic acids is 2. The predicted octanol–water partition coefficient (Wildman–Crippen LogP) is 5.26. The van der Waals surface area contributed by atoms with Crippen LogP contribution in [0.3, 0.4) is 0 Å². The first-order valence-corrected chi connectivity index (χ1v) is 11.5. The van der Waals surface area contributed by atoms with Crippen molar-refractivity contribution in [2.24, 2.45) is 11.8 Å². The number of aromatic nitrogens is 3. The number of nitrogens with zero attached hydrogens (tertiary/aromatic N) is 3. The number of carbonyl (C=O) groups is 2. The lowest BCUT2D eigenvalue weighted by molar-refractivity contribution is -0.117. The molecule has 1 atom stereocenters. The van der Waals surface area contributed by atoms with Gasteiger partial charge in [0.15, 0.2) is 5.65 Å². The number of nitrogens with one attached hydrogen (secondary N) is 2. The van der Waals surface area contributed by atoms with Crippen LogP contribution in [0.1, 0.15) is 26.2 Å². The summed E-state index contributed by atoms with van der Waals surface area (Å²) in [6.07, 6.45) is 1.59. The summed E-state index contributed by atoms with van der Waals surface area (Å²) >= 11 is 0. The molecule has 1 unspecified atom stereocenters. The average Bonchev–Trinajstić information content (AvgIpc) is 3.45. The van der Waals surface area contributed by atoms with Crippen LogP contribution in [0.15, 0.2) is 65.9 Å². The van der Waals surface area contributed by atoms with E-state index in [1.807, 2.05) is 0 Å². The molecule has 2 aromatic heterocycles. The second-order valence-electron chi connectivity index (χ2n) is 8.68. The number of alkyl halides is 3. The van der Waals surface area contributed by atoms with Gasteiger partial charge in [-0.2, -0.15) is 18.2 Å². The maximum atomic E-state index is 13.4. The fourth-order valence-electron chi connectivity index (χ4n) is 3.84. The van der Waals surface area contributed by atoms with Crippen molar-refractivity contribution in [2.45, 2.75) is 32.4 Å². The molecule has 8 nitrogen and oxygen atoms in total. The lowest BCUT2D eigenvalue weighted by Gasteiger charge is -2.13. The molecule has 0 aliphatic heterocycles. The van der Waals surface area contributed by atoms with E-state index in [4.69, 9.17) is 4.74 Å². The van der Waals surface area contributed by atoms with Crippen LogP contribution in [0.25, 0.3) is 5.65 Å². The van der Waals surface area contributed by atoms with Crippen LogP contribution in [0.5, 0.6) is 11.5 Å². The molecule has 3 aromatic rings. The van der Waals surface area contributed by atoms with Gasteiger partial charge in [0.25, 0.3) is 5.91 Å². The van der Waals surface area contributed by atoms with Gasteiger partial charge >= 0.3 is 6.18 Å². The van der Waals surface area contributed by atoms with Crippen molar-refractivity contribution >= 4 is 29.1 Å². The highest BCUT2D eigenvalue weighted by Gasteiger charge is 2.41. The summed E-state index contributed by atoms with van der Waals surface area (Å²) in [4.78, 5) is 28.9. The molecular formula is C25H22F3N5O3. The van der Waals surface area contributed by atoms with Crippen LogP contribution in [0, 0.1) is 11.8 Å². The number of rotatable bonds is 7. The van der Waals surface area contributed by atoms with E-state index in [9.17, 15) is 22.8 Å². The van der Waals surface area contributed by atoms with Gasteiger partial charge < -0.3 is 10.1 Å². The van der Waals surface area contributed by atoms with Crippen molar-refractivity contribution < 1.29 is 27.5 Å². The smallest absolute Gasteiger partial charge is 0.416 e. The SMILES string of the molecule is CCC1C=C(C(=O)Nc2cccc(Oc3ccc4nc(NC(=O)C5CC5)nn4c3)c2)C(C(F)(F)F)=C1. The molecule has 11 heteroatoms. The Labute approximate surface area is 203 Å². The highest BCUT2D eigenvalue weighted by atomic mass is 19.4. The third-order valence-corrected chi connectivity index (χ3v) is 5.89. The number of amides is 2. The van der Waals surface area contributed by atoms with Crippen LogP contribution in [-0.4, -0.2) is 32.6 Å². The van der Waals surface area contributed by atoms with Crippen LogP contribution in [-0.2, 0) is 9.59 Å². The highest BCUT2D eigenvalue weighted by Crippen LogP contribution is 2.38. The second-order valence-corrected chi connectivity index (χ2v) is 8.68. The molecule has 186 valence electrons. The molecule has 0 bridgehead atoms. The average molecular weight is 497 g/mol. The fraction of sp³-hybridized carbons (Fsp3) is 0.280. The van der Waals surface area contributed by atoms with E-state index in [-0.39, 0.29) is 29.0 Å². The Morgan fingerprint density at radius 3 is 2.64 bits per heavy atom. The maximum absolute atomic E-state index is 13.4. The van der Waals surface area contributed by atoms with Crippen LogP contribution < -0.4 is 15.4 Å².